The number of hydrogen-bond donors (Lipinski definition) is 2. The van der Waals surface area contributed by atoms with Crippen LogP contribution in [-0.4, -0.2) is 60.4 Å². The lowest BCUT2D eigenvalue weighted by Crippen LogP contribution is -2.47. The van der Waals surface area contributed by atoms with E-state index in [1.54, 1.807) is 12.0 Å². The van der Waals surface area contributed by atoms with Crippen LogP contribution >= 0.6 is 0 Å². The number of hydrogen-bond acceptors (Lipinski definition) is 5. The second-order valence-corrected chi connectivity index (χ2v) is 9.55. The molecule has 1 aliphatic rings. The van der Waals surface area contributed by atoms with Crippen molar-refractivity contribution in [3.63, 3.8) is 0 Å². The summed E-state index contributed by atoms with van der Waals surface area (Å²) < 4.78 is 5.44. The van der Waals surface area contributed by atoms with E-state index in [1.165, 1.54) is 5.56 Å². The summed E-state index contributed by atoms with van der Waals surface area (Å²) in [4.78, 5) is 30.9. The molecular formula is C30H36N4O3. The highest BCUT2D eigenvalue weighted by Crippen LogP contribution is 2.28. The minimum Gasteiger partial charge on any atom is -0.497 e. The van der Waals surface area contributed by atoms with E-state index in [0.29, 0.717) is 44.7 Å². The first-order chi connectivity index (χ1) is 18.0. The van der Waals surface area contributed by atoms with E-state index in [9.17, 15) is 9.59 Å². The van der Waals surface area contributed by atoms with Gasteiger partial charge in [-0.2, -0.15) is 0 Å². The number of likely N-dealkylation sites (tertiary alicyclic amines) is 1. The van der Waals surface area contributed by atoms with Crippen molar-refractivity contribution in [1.29, 1.82) is 0 Å². The largest absolute Gasteiger partial charge is 0.497 e. The van der Waals surface area contributed by atoms with Crippen molar-refractivity contribution in [3.05, 3.63) is 101 Å². The molecule has 3 aromatic rings. The zero-order valence-corrected chi connectivity index (χ0v) is 21.6. The molecule has 1 heterocycles. The van der Waals surface area contributed by atoms with Gasteiger partial charge in [-0.25, -0.2) is 0 Å². The maximum atomic E-state index is 13.6. The van der Waals surface area contributed by atoms with Crippen molar-refractivity contribution in [1.82, 2.24) is 15.1 Å². The summed E-state index contributed by atoms with van der Waals surface area (Å²) >= 11 is 0. The zero-order chi connectivity index (χ0) is 26.2. The number of benzene rings is 3. The fourth-order valence-electron chi connectivity index (χ4n) is 4.86. The molecule has 0 aliphatic carbocycles. The number of methoxy groups -OCH3 is 1. The van der Waals surface area contributed by atoms with Gasteiger partial charge in [0, 0.05) is 44.3 Å². The molecule has 2 amide bonds. The molecule has 7 heteroatoms. The van der Waals surface area contributed by atoms with Gasteiger partial charge in [-0.05, 0) is 48.7 Å². The Bertz CT molecular complexity index is 1180. The second-order valence-electron chi connectivity index (χ2n) is 9.55. The number of amides is 2. The van der Waals surface area contributed by atoms with Gasteiger partial charge >= 0.3 is 0 Å². The molecule has 0 spiro atoms. The van der Waals surface area contributed by atoms with E-state index in [2.05, 4.69) is 28.4 Å². The highest BCUT2D eigenvalue weighted by molar-refractivity contribution is 5.98. The molecule has 3 aromatic carbocycles. The Morgan fingerprint density at radius 1 is 1.00 bits per heavy atom. The normalized spacial score (nSPS) is 17.1. The summed E-state index contributed by atoms with van der Waals surface area (Å²) in [6.45, 7) is 4.55. The standard InChI is InChI=1S/C30H36N4O3/c1-22-11-13-25(14-12-22)30(36)34-21-26(18-28(34)29(35)32-16-15-31)33(19-23-7-4-3-5-8-23)20-24-9-6-10-27(17-24)37-2/h3-14,17,26,28H,15-16,18-21,31H2,1-2H3,(H,32,35). The molecule has 0 aromatic heterocycles. The monoisotopic (exact) mass is 500 g/mol. The zero-order valence-electron chi connectivity index (χ0n) is 21.6. The van der Waals surface area contributed by atoms with Crippen LogP contribution in [0, 0.1) is 6.92 Å². The summed E-state index contributed by atoms with van der Waals surface area (Å²) in [6, 6.07) is 25.3. The Morgan fingerprint density at radius 3 is 2.41 bits per heavy atom. The third-order valence-electron chi connectivity index (χ3n) is 6.85. The Hall–Kier alpha value is -3.68. The molecule has 1 fully saturated rings. The number of rotatable bonds is 10. The number of aryl methyl sites for hydroxylation is 1. The number of nitrogens with two attached hydrogens (primary N) is 1. The molecule has 2 unspecified atom stereocenters. The van der Waals surface area contributed by atoms with E-state index < -0.39 is 6.04 Å². The topological polar surface area (TPSA) is 87.9 Å². The molecule has 0 saturated carbocycles. The van der Waals surface area contributed by atoms with E-state index >= 15 is 0 Å². The lowest BCUT2D eigenvalue weighted by molar-refractivity contribution is -0.124. The lowest BCUT2D eigenvalue weighted by atomic mass is 10.1. The average Bonchev–Trinajstić information content (AvgIpc) is 3.38. The first kappa shape index (κ1) is 26.4. The smallest absolute Gasteiger partial charge is 0.254 e. The quantitative estimate of drug-likeness (QED) is 0.446. The summed E-state index contributed by atoms with van der Waals surface area (Å²) in [5.41, 5.74) is 9.60. The van der Waals surface area contributed by atoms with Gasteiger partial charge in [0.05, 0.1) is 7.11 Å². The van der Waals surface area contributed by atoms with Crippen LogP contribution in [0.5, 0.6) is 5.75 Å². The molecule has 0 bridgehead atoms. The average molecular weight is 501 g/mol. The van der Waals surface area contributed by atoms with Crippen molar-refractivity contribution >= 4 is 11.8 Å². The Kier molecular flexibility index (Phi) is 8.93. The van der Waals surface area contributed by atoms with Gasteiger partial charge in [-0.15, -0.1) is 0 Å². The number of nitrogens with one attached hydrogen (secondary N) is 1. The van der Waals surface area contributed by atoms with E-state index in [0.717, 1.165) is 16.9 Å². The number of carbonyl (C=O) groups excluding carboxylic acids is 2. The van der Waals surface area contributed by atoms with Crippen molar-refractivity contribution in [3.8, 4) is 5.75 Å². The summed E-state index contributed by atoms with van der Waals surface area (Å²) in [6.07, 6.45) is 0.546. The third kappa shape index (κ3) is 6.76. The van der Waals surface area contributed by atoms with Gasteiger partial charge in [0.15, 0.2) is 0 Å². The van der Waals surface area contributed by atoms with Crippen LogP contribution in [0.2, 0.25) is 0 Å². The van der Waals surface area contributed by atoms with Crippen LogP contribution < -0.4 is 15.8 Å². The molecule has 4 rings (SSSR count). The first-order valence-electron chi connectivity index (χ1n) is 12.7. The first-order valence-corrected chi connectivity index (χ1v) is 12.7. The van der Waals surface area contributed by atoms with Crippen molar-refractivity contribution in [2.45, 2.75) is 38.5 Å². The summed E-state index contributed by atoms with van der Waals surface area (Å²) in [7, 11) is 1.66. The fraction of sp³-hybridized carbons (Fsp3) is 0.333. The van der Waals surface area contributed by atoms with Gasteiger partial charge < -0.3 is 20.7 Å². The highest BCUT2D eigenvalue weighted by Gasteiger charge is 2.42. The second kappa shape index (κ2) is 12.5. The van der Waals surface area contributed by atoms with E-state index in [4.69, 9.17) is 10.5 Å². The van der Waals surface area contributed by atoms with Gasteiger partial charge in [-0.3, -0.25) is 14.5 Å². The minimum absolute atomic E-state index is 0.00516. The minimum atomic E-state index is -0.561. The van der Waals surface area contributed by atoms with Gasteiger partial charge in [0.25, 0.3) is 5.91 Å². The maximum absolute atomic E-state index is 13.6. The van der Waals surface area contributed by atoms with E-state index in [-0.39, 0.29) is 17.9 Å². The molecule has 7 nitrogen and oxygen atoms in total. The third-order valence-corrected chi connectivity index (χ3v) is 6.85. The van der Waals surface area contributed by atoms with Crippen molar-refractivity contribution in [2.24, 2.45) is 5.73 Å². The van der Waals surface area contributed by atoms with Gasteiger partial charge in [-0.1, -0.05) is 60.2 Å². The SMILES string of the molecule is COc1cccc(CN(Cc2ccccc2)C2CC(C(=O)NCCN)N(C(=O)c3ccc(C)cc3)C2)c1. The Morgan fingerprint density at radius 2 is 1.70 bits per heavy atom. The number of carbonyl (C=O) groups is 2. The number of ether oxygens (including phenoxy) is 1. The Balaban J connectivity index is 1.63. The van der Waals surface area contributed by atoms with Gasteiger partial charge in [0.1, 0.15) is 11.8 Å². The van der Waals surface area contributed by atoms with Crippen LogP contribution in [0.4, 0.5) is 0 Å². The van der Waals surface area contributed by atoms with Gasteiger partial charge in [0.2, 0.25) is 5.91 Å². The fourth-order valence-corrected chi connectivity index (χ4v) is 4.86. The Labute approximate surface area is 219 Å². The predicted octanol–water partition coefficient (Wildman–Crippen LogP) is 3.36. The molecule has 1 saturated heterocycles. The predicted molar refractivity (Wildman–Crippen MR) is 145 cm³/mol. The molecule has 3 N–H and O–H groups in total. The summed E-state index contributed by atoms with van der Waals surface area (Å²) in [5, 5.41) is 2.90. The molecular weight excluding hydrogens is 464 g/mol. The van der Waals surface area contributed by atoms with Crippen LogP contribution in [0.3, 0.4) is 0 Å². The number of nitrogens with zero attached hydrogens (tertiary/aromatic N) is 2. The summed E-state index contributed by atoms with van der Waals surface area (Å²) in [5.74, 6) is 0.518. The van der Waals surface area contributed by atoms with Crippen molar-refractivity contribution in [2.75, 3.05) is 26.7 Å². The van der Waals surface area contributed by atoms with Crippen LogP contribution in [0.25, 0.3) is 0 Å². The van der Waals surface area contributed by atoms with Crippen LogP contribution in [0.15, 0.2) is 78.9 Å². The molecule has 37 heavy (non-hydrogen) atoms. The van der Waals surface area contributed by atoms with Crippen molar-refractivity contribution < 1.29 is 14.3 Å². The molecule has 194 valence electrons. The van der Waals surface area contributed by atoms with Crippen LogP contribution in [-0.2, 0) is 17.9 Å². The van der Waals surface area contributed by atoms with E-state index in [1.807, 2.05) is 67.6 Å². The molecule has 0 radical (unpaired) electrons. The maximum Gasteiger partial charge on any atom is 0.254 e. The lowest BCUT2D eigenvalue weighted by Gasteiger charge is -2.29. The highest BCUT2D eigenvalue weighted by atomic mass is 16.5. The molecule has 1 aliphatic heterocycles. The molecule has 2 atom stereocenters. The van der Waals surface area contributed by atoms with Crippen LogP contribution in [0.1, 0.15) is 33.5 Å².